The standard InChI is InChI=1S/C15H17NO5/c17-13-4-2-1-3-11(13)12(8-16(18)19)10-5-6-14-15(7-10)21-9-20-14/h5-7,11-12H,1-4,8-9H2/t11?,12-/m0/s1. The lowest BCUT2D eigenvalue weighted by atomic mass is 9.76. The van der Waals surface area contributed by atoms with Crippen LogP contribution in [0, 0.1) is 16.0 Å². The monoisotopic (exact) mass is 291 g/mol. The van der Waals surface area contributed by atoms with E-state index in [1.807, 2.05) is 6.07 Å². The van der Waals surface area contributed by atoms with E-state index in [0.717, 1.165) is 24.8 Å². The number of hydrogen-bond donors (Lipinski definition) is 0. The third kappa shape index (κ3) is 2.84. The van der Waals surface area contributed by atoms with Crippen LogP contribution in [0.15, 0.2) is 18.2 Å². The van der Waals surface area contributed by atoms with Gasteiger partial charge in [-0.3, -0.25) is 14.9 Å². The number of carbonyl (C=O) groups excluding carboxylic acids is 1. The number of benzene rings is 1. The maximum Gasteiger partial charge on any atom is 0.231 e. The van der Waals surface area contributed by atoms with Crippen LogP contribution in [0.1, 0.15) is 37.2 Å². The zero-order chi connectivity index (χ0) is 14.8. The summed E-state index contributed by atoms with van der Waals surface area (Å²) in [5.41, 5.74) is 0.788. The van der Waals surface area contributed by atoms with Crippen LogP contribution in [0.4, 0.5) is 0 Å². The molecule has 0 N–H and O–H groups in total. The molecule has 0 saturated heterocycles. The fraction of sp³-hybridized carbons (Fsp3) is 0.533. The van der Waals surface area contributed by atoms with Crippen molar-refractivity contribution in [3.05, 3.63) is 33.9 Å². The lowest BCUT2D eigenvalue weighted by molar-refractivity contribution is -0.484. The Hall–Kier alpha value is -2.11. The third-order valence-electron chi connectivity index (χ3n) is 4.26. The van der Waals surface area contributed by atoms with Gasteiger partial charge in [-0.25, -0.2) is 0 Å². The first-order valence-electron chi connectivity index (χ1n) is 7.19. The fourth-order valence-corrected chi connectivity index (χ4v) is 3.20. The van der Waals surface area contributed by atoms with Crippen molar-refractivity contribution in [1.82, 2.24) is 0 Å². The van der Waals surface area contributed by atoms with Gasteiger partial charge in [-0.2, -0.15) is 0 Å². The average molecular weight is 291 g/mol. The van der Waals surface area contributed by atoms with Crippen molar-refractivity contribution >= 4 is 5.78 Å². The molecule has 1 heterocycles. The third-order valence-corrected chi connectivity index (χ3v) is 4.26. The maximum atomic E-state index is 12.1. The van der Waals surface area contributed by atoms with Crippen molar-refractivity contribution < 1.29 is 19.2 Å². The molecule has 0 bridgehead atoms. The summed E-state index contributed by atoms with van der Waals surface area (Å²) in [6, 6.07) is 5.35. The van der Waals surface area contributed by atoms with E-state index in [0.29, 0.717) is 17.9 Å². The second-order valence-electron chi connectivity index (χ2n) is 5.55. The number of carbonyl (C=O) groups is 1. The van der Waals surface area contributed by atoms with Crippen molar-refractivity contribution in [2.45, 2.75) is 31.6 Å². The number of Topliss-reactive ketones (excluding diaryl/α,β-unsaturated/α-hetero) is 1. The second kappa shape index (κ2) is 5.71. The van der Waals surface area contributed by atoms with Crippen molar-refractivity contribution in [3.63, 3.8) is 0 Å². The van der Waals surface area contributed by atoms with E-state index in [1.165, 1.54) is 0 Å². The highest BCUT2D eigenvalue weighted by Gasteiger charge is 2.35. The second-order valence-corrected chi connectivity index (χ2v) is 5.55. The molecule has 1 saturated carbocycles. The Morgan fingerprint density at radius 2 is 2.10 bits per heavy atom. The first-order chi connectivity index (χ1) is 10.1. The molecular formula is C15H17NO5. The molecule has 3 rings (SSSR count). The zero-order valence-electron chi connectivity index (χ0n) is 11.6. The number of nitro groups is 1. The summed E-state index contributed by atoms with van der Waals surface area (Å²) in [7, 11) is 0. The molecule has 6 nitrogen and oxygen atoms in total. The Morgan fingerprint density at radius 1 is 1.29 bits per heavy atom. The average Bonchev–Trinajstić information content (AvgIpc) is 2.93. The van der Waals surface area contributed by atoms with Crippen molar-refractivity contribution in [2.75, 3.05) is 13.3 Å². The van der Waals surface area contributed by atoms with Gasteiger partial charge < -0.3 is 9.47 Å². The van der Waals surface area contributed by atoms with Gasteiger partial charge in [0.25, 0.3) is 0 Å². The molecule has 1 aromatic rings. The van der Waals surface area contributed by atoms with Crippen LogP contribution < -0.4 is 9.47 Å². The van der Waals surface area contributed by atoms with E-state index in [4.69, 9.17) is 9.47 Å². The molecule has 2 atom stereocenters. The minimum absolute atomic E-state index is 0.144. The van der Waals surface area contributed by atoms with Crippen LogP contribution in [0.5, 0.6) is 11.5 Å². The fourth-order valence-electron chi connectivity index (χ4n) is 3.20. The predicted molar refractivity (Wildman–Crippen MR) is 74.1 cm³/mol. The summed E-state index contributed by atoms with van der Waals surface area (Å²) in [5, 5.41) is 11.0. The highest BCUT2D eigenvalue weighted by molar-refractivity contribution is 5.82. The molecule has 1 aliphatic carbocycles. The first-order valence-corrected chi connectivity index (χ1v) is 7.19. The Kier molecular flexibility index (Phi) is 3.77. The molecule has 0 spiro atoms. The van der Waals surface area contributed by atoms with Crippen LogP contribution >= 0.6 is 0 Å². The lowest BCUT2D eigenvalue weighted by Gasteiger charge is -2.27. The molecule has 1 aromatic carbocycles. The van der Waals surface area contributed by atoms with Gasteiger partial charge in [0.1, 0.15) is 5.78 Å². The zero-order valence-corrected chi connectivity index (χ0v) is 11.6. The minimum atomic E-state index is -0.387. The normalized spacial score (nSPS) is 22.1. The van der Waals surface area contributed by atoms with E-state index >= 15 is 0 Å². The first kappa shape index (κ1) is 13.9. The Morgan fingerprint density at radius 3 is 2.86 bits per heavy atom. The Balaban J connectivity index is 1.91. The van der Waals surface area contributed by atoms with E-state index in [-0.39, 0.29) is 35.9 Å². The number of nitrogens with zero attached hydrogens (tertiary/aromatic N) is 1. The van der Waals surface area contributed by atoms with Crippen LogP contribution in [0.25, 0.3) is 0 Å². The summed E-state index contributed by atoms with van der Waals surface area (Å²) in [6.45, 7) is -0.0584. The van der Waals surface area contributed by atoms with Crippen molar-refractivity contribution in [2.24, 2.45) is 5.92 Å². The Labute approximate surface area is 122 Å². The highest BCUT2D eigenvalue weighted by atomic mass is 16.7. The summed E-state index contributed by atoms with van der Waals surface area (Å²) < 4.78 is 10.6. The van der Waals surface area contributed by atoms with E-state index in [9.17, 15) is 14.9 Å². The van der Waals surface area contributed by atoms with Crippen LogP contribution in [0.2, 0.25) is 0 Å². The van der Waals surface area contributed by atoms with E-state index in [2.05, 4.69) is 0 Å². The lowest BCUT2D eigenvalue weighted by Crippen LogP contribution is -2.30. The number of hydrogen-bond acceptors (Lipinski definition) is 5. The van der Waals surface area contributed by atoms with Crippen molar-refractivity contribution in [3.8, 4) is 11.5 Å². The van der Waals surface area contributed by atoms with E-state index in [1.54, 1.807) is 12.1 Å². The summed E-state index contributed by atoms with van der Waals surface area (Å²) >= 11 is 0. The van der Waals surface area contributed by atoms with Crippen LogP contribution in [0.3, 0.4) is 0 Å². The molecule has 1 unspecified atom stereocenters. The Bertz CT molecular complexity index is 571. The van der Waals surface area contributed by atoms with E-state index < -0.39 is 0 Å². The smallest absolute Gasteiger partial charge is 0.231 e. The SMILES string of the molecule is O=C1CCCCC1[C@@H](C[N+](=O)[O-])c1ccc2c(c1)OCO2. The molecular weight excluding hydrogens is 274 g/mol. The quantitative estimate of drug-likeness (QED) is 0.629. The van der Waals surface area contributed by atoms with Crippen molar-refractivity contribution in [1.29, 1.82) is 0 Å². The predicted octanol–water partition coefficient (Wildman–Crippen LogP) is 2.53. The van der Waals surface area contributed by atoms with Gasteiger partial charge in [-0.05, 0) is 30.5 Å². The van der Waals surface area contributed by atoms with Gasteiger partial charge in [0.2, 0.25) is 13.3 Å². The molecule has 21 heavy (non-hydrogen) atoms. The summed E-state index contributed by atoms with van der Waals surface area (Å²) in [5.74, 6) is 0.746. The maximum absolute atomic E-state index is 12.1. The summed E-state index contributed by atoms with van der Waals surface area (Å²) in [6.07, 6.45) is 3.10. The van der Waals surface area contributed by atoms with Gasteiger partial charge in [0, 0.05) is 17.3 Å². The number of ketones is 1. The number of ether oxygens (including phenoxy) is 2. The molecule has 0 amide bonds. The van der Waals surface area contributed by atoms with Gasteiger partial charge >= 0.3 is 0 Å². The molecule has 0 aromatic heterocycles. The van der Waals surface area contributed by atoms with Crippen LogP contribution in [-0.2, 0) is 4.79 Å². The molecule has 6 heteroatoms. The molecule has 2 aliphatic rings. The largest absolute Gasteiger partial charge is 0.454 e. The number of fused-ring (bicyclic) bond motifs is 1. The molecule has 0 radical (unpaired) electrons. The molecule has 1 aliphatic heterocycles. The highest BCUT2D eigenvalue weighted by Crippen LogP contribution is 2.39. The molecule has 112 valence electrons. The topological polar surface area (TPSA) is 78.7 Å². The van der Waals surface area contributed by atoms with Gasteiger partial charge in [0.05, 0.1) is 5.92 Å². The summed E-state index contributed by atoms with van der Waals surface area (Å²) in [4.78, 5) is 22.8. The number of rotatable bonds is 4. The van der Waals surface area contributed by atoms with Gasteiger partial charge in [-0.15, -0.1) is 0 Å². The van der Waals surface area contributed by atoms with Gasteiger partial charge in [0.15, 0.2) is 11.5 Å². The minimum Gasteiger partial charge on any atom is -0.454 e. The van der Waals surface area contributed by atoms with Crippen LogP contribution in [-0.4, -0.2) is 24.0 Å². The molecule has 1 fully saturated rings. The van der Waals surface area contributed by atoms with Gasteiger partial charge in [-0.1, -0.05) is 12.5 Å².